The van der Waals surface area contributed by atoms with Crippen molar-refractivity contribution in [3.8, 4) is 28.1 Å². The summed E-state index contributed by atoms with van der Waals surface area (Å²) in [6.45, 7) is 0. The molecule has 0 saturated heterocycles. The molecule has 5 aromatic carbocycles. The summed E-state index contributed by atoms with van der Waals surface area (Å²) < 4.78 is 6.87. The van der Waals surface area contributed by atoms with Crippen molar-refractivity contribution in [2.75, 3.05) is 0 Å². The van der Waals surface area contributed by atoms with Gasteiger partial charge in [-0.3, -0.25) is 8.97 Å². The monoisotopic (exact) mass is 543 g/mol. The van der Waals surface area contributed by atoms with Crippen molar-refractivity contribution < 1.29 is 0 Å². The van der Waals surface area contributed by atoms with E-state index in [9.17, 15) is 0 Å². The van der Waals surface area contributed by atoms with Gasteiger partial charge < -0.3 is 0 Å². The molecule has 192 valence electrons. The maximum absolute atomic E-state index is 5.12. The number of hydrogen-bond acceptors (Lipinski definition) is 4. The lowest BCUT2D eigenvalue weighted by atomic mass is 9.95. The van der Waals surface area contributed by atoms with Crippen LogP contribution in [0.3, 0.4) is 0 Å². The largest absolute Gasteiger partial charge is 0.278 e. The number of aromatic nitrogens is 5. The van der Waals surface area contributed by atoms with Gasteiger partial charge in [-0.05, 0) is 42.0 Å². The van der Waals surface area contributed by atoms with Gasteiger partial charge in [0.1, 0.15) is 6.33 Å². The molecule has 9 rings (SSSR count). The van der Waals surface area contributed by atoms with Crippen LogP contribution in [-0.4, -0.2) is 23.9 Å². The van der Waals surface area contributed by atoms with Gasteiger partial charge in [-0.25, -0.2) is 15.0 Å². The molecule has 4 aromatic heterocycles. The molecular weight excluding hydrogens is 522 g/mol. The Bertz CT molecular complexity index is 2450. The summed E-state index contributed by atoms with van der Waals surface area (Å²) in [4.78, 5) is 14.7. The second kappa shape index (κ2) is 8.58. The Kier molecular flexibility index (Phi) is 4.71. The molecule has 0 radical (unpaired) electrons. The molecule has 0 aliphatic rings. The number of benzene rings is 5. The first-order chi connectivity index (χ1) is 20.4. The molecule has 6 heteroatoms. The van der Waals surface area contributed by atoms with Crippen molar-refractivity contribution in [2.45, 2.75) is 0 Å². The Balaban J connectivity index is 1.35. The van der Waals surface area contributed by atoms with Gasteiger partial charge in [0.2, 0.25) is 5.78 Å². The highest BCUT2D eigenvalue weighted by Crippen LogP contribution is 2.42. The zero-order valence-corrected chi connectivity index (χ0v) is 22.6. The number of nitrogens with zero attached hydrogens (tertiary/aromatic N) is 5. The van der Waals surface area contributed by atoms with E-state index >= 15 is 0 Å². The van der Waals surface area contributed by atoms with Crippen LogP contribution < -0.4 is 0 Å². The van der Waals surface area contributed by atoms with Crippen LogP contribution >= 0.6 is 11.3 Å². The Morgan fingerprint density at radius 2 is 1.24 bits per heavy atom. The number of para-hydroxylation sites is 5. The molecule has 9 aromatic rings. The zero-order valence-electron chi connectivity index (χ0n) is 21.8. The third-order valence-corrected chi connectivity index (χ3v) is 9.05. The van der Waals surface area contributed by atoms with Crippen molar-refractivity contribution in [1.29, 1.82) is 0 Å². The van der Waals surface area contributed by atoms with Gasteiger partial charge in [-0.15, -0.1) is 11.3 Å². The Morgan fingerprint density at radius 3 is 2.15 bits per heavy atom. The Morgan fingerprint density at radius 1 is 0.561 bits per heavy atom. The minimum atomic E-state index is 0.895. The molecule has 0 fully saturated rings. The fourth-order valence-electron chi connectivity index (χ4n) is 6.12. The predicted molar refractivity (Wildman–Crippen MR) is 169 cm³/mol. The van der Waals surface area contributed by atoms with Crippen molar-refractivity contribution in [1.82, 2.24) is 23.9 Å². The first kappa shape index (κ1) is 22.5. The zero-order chi connectivity index (χ0) is 26.9. The summed E-state index contributed by atoms with van der Waals surface area (Å²) in [6, 6.07) is 42.5. The van der Waals surface area contributed by atoms with Crippen LogP contribution in [0.1, 0.15) is 0 Å². The second-order valence-corrected chi connectivity index (χ2v) is 11.2. The maximum Gasteiger partial charge on any atom is 0.220 e. The predicted octanol–water partition coefficient (Wildman–Crippen LogP) is 8.92. The molecule has 0 atom stereocenters. The minimum absolute atomic E-state index is 0.895. The molecule has 0 unspecified atom stereocenters. The van der Waals surface area contributed by atoms with Gasteiger partial charge in [0.15, 0.2) is 0 Å². The normalized spacial score (nSPS) is 11.9. The number of rotatable bonds is 3. The van der Waals surface area contributed by atoms with Crippen LogP contribution in [0.4, 0.5) is 0 Å². The van der Waals surface area contributed by atoms with Crippen LogP contribution in [0, 0.1) is 0 Å². The van der Waals surface area contributed by atoms with Crippen molar-refractivity contribution in [3.05, 3.63) is 128 Å². The van der Waals surface area contributed by atoms with E-state index < -0.39 is 0 Å². The van der Waals surface area contributed by atoms with Gasteiger partial charge in [-0.1, -0.05) is 84.9 Å². The average molecular weight is 544 g/mol. The number of imidazole rings is 2. The van der Waals surface area contributed by atoms with Crippen LogP contribution in [0.2, 0.25) is 0 Å². The van der Waals surface area contributed by atoms with E-state index in [1.165, 1.54) is 10.1 Å². The van der Waals surface area contributed by atoms with Crippen LogP contribution in [0.15, 0.2) is 128 Å². The smallest absolute Gasteiger partial charge is 0.220 e. The topological polar surface area (TPSA) is 48.0 Å². The van der Waals surface area contributed by atoms with Crippen LogP contribution in [0.5, 0.6) is 0 Å². The molecular formula is C35H21N5S. The third-order valence-electron chi connectivity index (χ3n) is 7.88. The minimum Gasteiger partial charge on any atom is -0.278 e. The number of hydrogen-bond donors (Lipinski definition) is 0. The van der Waals surface area contributed by atoms with E-state index in [0.717, 1.165) is 66.1 Å². The molecule has 0 amide bonds. The quantitative estimate of drug-likeness (QED) is 0.223. The van der Waals surface area contributed by atoms with Crippen LogP contribution in [0.25, 0.3) is 76.2 Å². The molecule has 5 nitrogen and oxygen atoms in total. The molecule has 0 spiro atoms. The van der Waals surface area contributed by atoms with E-state index in [0.29, 0.717) is 0 Å². The van der Waals surface area contributed by atoms with E-state index in [2.05, 4.69) is 129 Å². The number of fused-ring (bicyclic) bond motifs is 8. The third kappa shape index (κ3) is 3.19. The molecule has 0 N–H and O–H groups in total. The Hall–Kier alpha value is -5.33. The van der Waals surface area contributed by atoms with Gasteiger partial charge in [0.25, 0.3) is 0 Å². The van der Waals surface area contributed by atoms with Gasteiger partial charge in [0.05, 0.1) is 43.7 Å². The molecule has 0 aliphatic heterocycles. The summed E-state index contributed by atoms with van der Waals surface area (Å²) in [5, 5.41) is 1.17. The van der Waals surface area contributed by atoms with Crippen molar-refractivity contribution in [3.63, 3.8) is 0 Å². The lowest BCUT2D eigenvalue weighted by Crippen LogP contribution is -1.99. The van der Waals surface area contributed by atoms with Gasteiger partial charge in [0, 0.05) is 21.2 Å². The second-order valence-electron chi connectivity index (χ2n) is 10.1. The summed E-state index contributed by atoms with van der Waals surface area (Å²) in [6.07, 6.45) is 1.69. The summed E-state index contributed by atoms with van der Waals surface area (Å²) in [5.41, 5.74) is 10.7. The van der Waals surface area contributed by atoms with Crippen molar-refractivity contribution >= 4 is 59.5 Å². The SMILES string of the molecule is c1ccc(-c2ncnc3c2sc2ccccc23)c(-c2ccccc2-n2c3ccccc3n3c4ccccc4nc23)c1. The highest BCUT2D eigenvalue weighted by Gasteiger charge is 2.21. The fourth-order valence-corrected chi connectivity index (χ4v) is 7.28. The highest BCUT2D eigenvalue weighted by molar-refractivity contribution is 7.26. The molecule has 0 bridgehead atoms. The molecule has 0 aliphatic carbocycles. The highest BCUT2D eigenvalue weighted by atomic mass is 32.1. The van der Waals surface area contributed by atoms with E-state index in [4.69, 9.17) is 9.97 Å². The van der Waals surface area contributed by atoms with E-state index in [1.807, 2.05) is 6.07 Å². The first-order valence-corrected chi connectivity index (χ1v) is 14.4. The van der Waals surface area contributed by atoms with Gasteiger partial charge in [-0.2, -0.15) is 0 Å². The summed E-state index contributed by atoms with van der Waals surface area (Å²) >= 11 is 1.75. The fraction of sp³-hybridized carbons (Fsp3) is 0. The molecule has 41 heavy (non-hydrogen) atoms. The maximum atomic E-state index is 5.12. The van der Waals surface area contributed by atoms with Gasteiger partial charge >= 0.3 is 0 Å². The van der Waals surface area contributed by atoms with E-state index in [-0.39, 0.29) is 0 Å². The van der Waals surface area contributed by atoms with E-state index in [1.54, 1.807) is 17.7 Å². The number of thiophene rings is 1. The standard InChI is InChI=1S/C35H21N5S/c1-2-13-24(32-34-33(37-21-36-32)25-14-4-10-20-31(25)41-34)22(11-1)23-12-3-6-16-27(23)39-29-18-8-9-19-30(29)40-28-17-7-5-15-26(28)38-35(39)40/h1-21H. The lowest BCUT2D eigenvalue weighted by molar-refractivity contribution is 1.11. The molecule has 0 saturated carbocycles. The van der Waals surface area contributed by atoms with Crippen LogP contribution in [-0.2, 0) is 0 Å². The summed E-state index contributed by atoms with van der Waals surface area (Å²) in [5.74, 6) is 0.895. The molecule has 4 heterocycles. The summed E-state index contributed by atoms with van der Waals surface area (Å²) in [7, 11) is 0. The lowest BCUT2D eigenvalue weighted by Gasteiger charge is -2.15. The van der Waals surface area contributed by atoms with Crippen molar-refractivity contribution in [2.24, 2.45) is 0 Å². The first-order valence-electron chi connectivity index (χ1n) is 13.5. The average Bonchev–Trinajstić information content (AvgIpc) is 3.70. The Labute approximate surface area is 238 Å².